The number of nitriles is 1. The summed E-state index contributed by atoms with van der Waals surface area (Å²) in [5.74, 6) is -0.711. The Bertz CT molecular complexity index is 1040. The molecule has 138 valence electrons. The van der Waals surface area contributed by atoms with Crippen molar-refractivity contribution in [1.29, 1.82) is 5.26 Å². The van der Waals surface area contributed by atoms with Crippen LogP contribution in [0.25, 0.3) is 17.0 Å². The quantitative estimate of drug-likeness (QED) is 0.804. The third-order valence-corrected chi connectivity index (χ3v) is 4.47. The highest BCUT2D eigenvalue weighted by Gasteiger charge is 2.38. The second kappa shape index (κ2) is 6.92. The first-order valence-corrected chi connectivity index (χ1v) is 8.35. The van der Waals surface area contributed by atoms with Gasteiger partial charge in [-0.15, -0.1) is 0 Å². The first kappa shape index (κ1) is 18.7. The van der Waals surface area contributed by atoms with Crippen LogP contribution in [0.4, 0.5) is 13.2 Å². The largest absolute Gasteiger partial charge is 0.479 e. The van der Waals surface area contributed by atoms with Gasteiger partial charge in [0.25, 0.3) is 5.91 Å². The number of alkyl halides is 3. The Morgan fingerprint density at radius 3 is 2.74 bits per heavy atom. The van der Waals surface area contributed by atoms with E-state index in [4.69, 9.17) is 10.5 Å². The third-order valence-electron chi connectivity index (χ3n) is 3.65. The number of aromatic nitrogens is 1. The number of ether oxygens (including phenoxy) is 1. The van der Waals surface area contributed by atoms with Crippen LogP contribution < -0.4 is 10.5 Å². The predicted octanol–water partition coefficient (Wildman–Crippen LogP) is 3.37. The average molecular weight is 392 g/mol. The molecule has 2 N–H and O–H groups in total. The first-order valence-electron chi connectivity index (χ1n) is 7.53. The van der Waals surface area contributed by atoms with Crippen LogP contribution in [0.2, 0.25) is 0 Å². The summed E-state index contributed by atoms with van der Waals surface area (Å²) >= 11 is 0.991. The SMILES string of the molecule is CC(Oc1c(C#N)cnc2ccc(C=C3SC(N)=NC3=O)cc12)C(F)(F)F. The molecule has 10 heteroatoms. The lowest BCUT2D eigenvalue weighted by Gasteiger charge is -2.19. The summed E-state index contributed by atoms with van der Waals surface area (Å²) in [4.78, 5) is 19.6. The van der Waals surface area contributed by atoms with Gasteiger partial charge in [0, 0.05) is 11.6 Å². The number of nitrogens with zero attached hydrogens (tertiary/aromatic N) is 3. The summed E-state index contributed by atoms with van der Waals surface area (Å²) in [5.41, 5.74) is 6.23. The van der Waals surface area contributed by atoms with Crippen LogP contribution in [0.15, 0.2) is 34.3 Å². The molecule has 1 unspecified atom stereocenters. The lowest BCUT2D eigenvalue weighted by Crippen LogP contribution is -2.31. The van der Waals surface area contributed by atoms with Crippen molar-refractivity contribution < 1.29 is 22.7 Å². The van der Waals surface area contributed by atoms with Gasteiger partial charge in [0.2, 0.25) is 0 Å². The van der Waals surface area contributed by atoms with Gasteiger partial charge in [0.1, 0.15) is 17.4 Å². The van der Waals surface area contributed by atoms with E-state index in [1.807, 2.05) is 0 Å². The number of hydrogen-bond donors (Lipinski definition) is 1. The molecular weight excluding hydrogens is 381 g/mol. The number of nitrogens with two attached hydrogens (primary N) is 1. The number of fused-ring (bicyclic) bond motifs is 1. The van der Waals surface area contributed by atoms with Gasteiger partial charge in [-0.25, -0.2) is 0 Å². The fourth-order valence-corrected chi connectivity index (χ4v) is 2.98. The molecule has 27 heavy (non-hydrogen) atoms. The number of thioether (sulfide) groups is 1. The molecule has 1 aliphatic heterocycles. The van der Waals surface area contributed by atoms with Gasteiger partial charge in [0.15, 0.2) is 11.3 Å². The van der Waals surface area contributed by atoms with Crippen molar-refractivity contribution in [3.63, 3.8) is 0 Å². The number of amidine groups is 1. The Hall–Kier alpha value is -3.06. The van der Waals surface area contributed by atoms with Gasteiger partial charge in [-0.1, -0.05) is 6.07 Å². The highest BCUT2D eigenvalue weighted by molar-refractivity contribution is 8.18. The van der Waals surface area contributed by atoms with Crippen LogP contribution in [-0.2, 0) is 4.79 Å². The predicted molar refractivity (Wildman–Crippen MR) is 94.8 cm³/mol. The van der Waals surface area contributed by atoms with Gasteiger partial charge in [0.05, 0.1) is 10.4 Å². The molecule has 0 fully saturated rings. The number of pyridine rings is 1. The van der Waals surface area contributed by atoms with E-state index in [1.54, 1.807) is 18.2 Å². The van der Waals surface area contributed by atoms with Crippen LogP contribution in [0.1, 0.15) is 18.1 Å². The van der Waals surface area contributed by atoms with Crippen LogP contribution in [0.5, 0.6) is 5.75 Å². The fraction of sp³-hybridized carbons (Fsp3) is 0.176. The minimum absolute atomic E-state index is 0.114. The zero-order valence-electron chi connectivity index (χ0n) is 13.7. The van der Waals surface area contributed by atoms with Crippen molar-refractivity contribution in [3.05, 3.63) is 40.4 Å². The summed E-state index contributed by atoms with van der Waals surface area (Å²) in [6.07, 6.45) is -4.04. The summed E-state index contributed by atoms with van der Waals surface area (Å²) in [7, 11) is 0. The van der Waals surface area contributed by atoms with Gasteiger partial charge >= 0.3 is 6.18 Å². The zero-order valence-corrected chi connectivity index (χ0v) is 14.6. The first-order chi connectivity index (χ1) is 12.7. The molecule has 0 saturated carbocycles. The summed E-state index contributed by atoms with van der Waals surface area (Å²) in [5, 5.41) is 9.56. The van der Waals surface area contributed by atoms with Crippen molar-refractivity contribution in [2.24, 2.45) is 10.7 Å². The van der Waals surface area contributed by atoms with Crippen molar-refractivity contribution in [2.75, 3.05) is 0 Å². The van der Waals surface area contributed by atoms with Crippen molar-refractivity contribution in [2.45, 2.75) is 19.2 Å². The molecule has 1 amide bonds. The highest BCUT2D eigenvalue weighted by atomic mass is 32.2. The Balaban J connectivity index is 2.09. The number of halogens is 3. The van der Waals surface area contributed by atoms with E-state index < -0.39 is 18.2 Å². The zero-order chi connectivity index (χ0) is 19.8. The molecule has 6 nitrogen and oxygen atoms in total. The molecular formula is C17H11F3N4O2S. The lowest BCUT2D eigenvalue weighted by atomic mass is 10.1. The number of aliphatic imine (C=N–C) groups is 1. The smallest absolute Gasteiger partial charge is 0.425 e. The lowest BCUT2D eigenvalue weighted by molar-refractivity contribution is -0.189. The van der Waals surface area contributed by atoms with E-state index >= 15 is 0 Å². The van der Waals surface area contributed by atoms with E-state index in [9.17, 15) is 23.2 Å². The van der Waals surface area contributed by atoms with Crippen LogP contribution in [0, 0.1) is 11.3 Å². The monoisotopic (exact) mass is 392 g/mol. The van der Waals surface area contributed by atoms with E-state index in [0.717, 1.165) is 24.9 Å². The Morgan fingerprint density at radius 2 is 2.15 bits per heavy atom. The van der Waals surface area contributed by atoms with Gasteiger partial charge in [-0.2, -0.15) is 23.4 Å². The van der Waals surface area contributed by atoms with Gasteiger partial charge < -0.3 is 10.5 Å². The second-order valence-corrected chi connectivity index (χ2v) is 6.62. The Kier molecular flexibility index (Phi) is 4.80. The second-order valence-electron chi connectivity index (χ2n) is 5.56. The number of hydrogen-bond acceptors (Lipinski definition) is 6. The minimum Gasteiger partial charge on any atom is -0.479 e. The maximum absolute atomic E-state index is 12.9. The Labute approximate surface area is 155 Å². The van der Waals surface area contributed by atoms with E-state index in [1.165, 1.54) is 12.1 Å². The molecule has 2 aromatic rings. The van der Waals surface area contributed by atoms with Crippen LogP contribution in [0.3, 0.4) is 0 Å². The highest BCUT2D eigenvalue weighted by Crippen LogP contribution is 2.34. The molecule has 0 saturated heterocycles. The van der Waals surface area contributed by atoms with E-state index in [2.05, 4.69) is 9.98 Å². The minimum atomic E-state index is -4.59. The number of carbonyl (C=O) groups excluding carboxylic acids is 1. The number of carbonyl (C=O) groups is 1. The van der Waals surface area contributed by atoms with Gasteiger partial charge in [-0.3, -0.25) is 9.78 Å². The molecule has 0 bridgehead atoms. The molecule has 1 aromatic carbocycles. The normalized spacial score (nSPS) is 17.1. The maximum atomic E-state index is 12.9. The molecule has 0 spiro atoms. The fourth-order valence-electron chi connectivity index (χ4n) is 2.30. The van der Waals surface area contributed by atoms with E-state index in [0.29, 0.717) is 11.1 Å². The molecule has 1 aliphatic rings. The van der Waals surface area contributed by atoms with Crippen LogP contribution >= 0.6 is 11.8 Å². The molecule has 1 aromatic heterocycles. The number of rotatable bonds is 3. The van der Waals surface area contributed by atoms with Crippen molar-refractivity contribution in [3.8, 4) is 11.8 Å². The number of amides is 1. The maximum Gasteiger partial charge on any atom is 0.425 e. The molecule has 0 radical (unpaired) electrons. The summed E-state index contributed by atoms with van der Waals surface area (Å²) in [6, 6.07) is 6.47. The Morgan fingerprint density at radius 1 is 1.41 bits per heavy atom. The standard InChI is InChI=1S/C17H11F3N4O2S/c1-8(17(18,19)20)26-14-10(6-21)7-23-12-3-2-9(4-11(12)14)5-13-15(25)24-16(22)27-13/h2-5,7-8H,1H3,(H2,22,24,25). The van der Waals surface area contributed by atoms with Gasteiger partial charge in [-0.05, 0) is 42.5 Å². The number of benzene rings is 1. The molecule has 0 aliphatic carbocycles. The molecule has 1 atom stereocenters. The summed E-state index contributed by atoms with van der Waals surface area (Å²) < 4.78 is 43.8. The van der Waals surface area contributed by atoms with Crippen LogP contribution in [-0.4, -0.2) is 28.3 Å². The average Bonchev–Trinajstić information content (AvgIpc) is 2.91. The van der Waals surface area contributed by atoms with Crippen molar-refractivity contribution >= 4 is 39.8 Å². The van der Waals surface area contributed by atoms with E-state index in [-0.39, 0.29) is 26.8 Å². The third kappa shape index (κ3) is 3.88. The molecule has 3 rings (SSSR count). The van der Waals surface area contributed by atoms with Crippen molar-refractivity contribution in [1.82, 2.24) is 4.98 Å². The summed E-state index contributed by atoms with van der Waals surface area (Å²) in [6.45, 7) is 0.854. The molecule has 2 heterocycles. The topological polar surface area (TPSA) is 101 Å².